The fourth-order valence-electron chi connectivity index (χ4n) is 0.661. The zero-order valence-corrected chi connectivity index (χ0v) is 5.33. The Morgan fingerprint density at radius 3 is 3.00 bits per heavy atom. The highest BCUT2D eigenvalue weighted by atomic mass is 32.2. The lowest BCUT2D eigenvalue weighted by molar-refractivity contribution is 0.546. The van der Waals surface area contributed by atoms with Crippen molar-refractivity contribution in [2.45, 2.75) is 18.1 Å². The normalized spacial score (nSPS) is 29.8. The SMILES string of the molecule is O=[C]C1CCCNS1. The van der Waals surface area contributed by atoms with Crippen LogP contribution in [0, 0.1) is 0 Å². The van der Waals surface area contributed by atoms with Crippen LogP contribution >= 0.6 is 11.9 Å². The first-order chi connectivity index (χ1) is 3.93. The molecular formula is C5H8NOS. The van der Waals surface area contributed by atoms with Crippen LogP contribution in [0.15, 0.2) is 0 Å². The largest absolute Gasteiger partial charge is 0.290 e. The van der Waals surface area contributed by atoms with Gasteiger partial charge in [-0.05, 0) is 12.8 Å². The van der Waals surface area contributed by atoms with Crippen LogP contribution in [0.3, 0.4) is 0 Å². The molecule has 1 unspecified atom stereocenters. The summed E-state index contributed by atoms with van der Waals surface area (Å²) in [6.45, 7) is 1.03. The summed E-state index contributed by atoms with van der Waals surface area (Å²) in [6, 6.07) is 0. The molecule has 3 heteroatoms. The maximum atomic E-state index is 9.97. The molecule has 1 N–H and O–H groups in total. The van der Waals surface area contributed by atoms with Crippen LogP contribution in [0.25, 0.3) is 0 Å². The Hall–Kier alpha value is -0.0200. The molecule has 1 heterocycles. The van der Waals surface area contributed by atoms with Gasteiger partial charge in [-0.1, -0.05) is 11.9 Å². The van der Waals surface area contributed by atoms with Gasteiger partial charge in [-0.2, -0.15) is 0 Å². The summed E-state index contributed by atoms with van der Waals surface area (Å²) in [5.74, 6) is 0. The van der Waals surface area contributed by atoms with Crippen LogP contribution in [0.5, 0.6) is 0 Å². The van der Waals surface area contributed by atoms with Crippen molar-refractivity contribution in [1.82, 2.24) is 4.72 Å². The van der Waals surface area contributed by atoms with Gasteiger partial charge in [-0.15, -0.1) is 0 Å². The molecule has 0 saturated carbocycles. The van der Waals surface area contributed by atoms with Gasteiger partial charge in [0.15, 0.2) is 0 Å². The summed E-state index contributed by atoms with van der Waals surface area (Å²) in [7, 11) is 0. The first-order valence-electron chi connectivity index (χ1n) is 2.69. The molecule has 45 valence electrons. The van der Waals surface area contributed by atoms with Crippen molar-refractivity contribution in [2.24, 2.45) is 0 Å². The van der Waals surface area contributed by atoms with Gasteiger partial charge in [0.25, 0.3) is 0 Å². The molecule has 1 rings (SSSR count). The van der Waals surface area contributed by atoms with Gasteiger partial charge in [0, 0.05) is 6.54 Å². The Morgan fingerprint density at radius 1 is 1.75 bits per heavy atom. The minimum Gasteiger partial charge on any atom is -0.290 e. The standard InChI is InChI=1S/C5H8NOS/c7-4-5-2-1-3-6-8-5/h5-6H,1-3H2. The Labute approximate surface area is 53.2 Å². The van der Waals surface area contributed by atoms with E-state index >= 15 is 0 Å². The number of carbonyl (C=O) groups excluding carboxylic acids is 1. The second-order valence-corrected chi connectivity index (χ2v) is 2.85. The minimum atomic E-state index is 0.0868. The van der Waals surface area contributed by atoms with E-state index in [1.807, 2.05) is 6.29 Å². The molecule has 1 radical (unpaired) electrons. The number of hydrogen-bond donors (Lipinski definition) is 1. The van der Waals surface area contributed by atoms with Crippen LogP contribution in [-0.2, 0) is 4.79 Å². The second kappa shape index (κ2) is 3.10. The number of rotatable bonds is 1. The smallest absolute Gasteiger partial charge is 0.213 e. The average molecular weight is 130 g/mol. The second-order valence-electron chi connectivity index (χ2n) is 1.76. The number of hydrogen-bond acceptors (Lipinski definition) is 3. The summed E-state index contributed by atoms with van der Waals surface area (Å²) >= 11 is 1.49. The van der Waals surface area contributed by atoms with E-state index in [-0.39, 0.29) is 5.25 Å². The highest BCUT2D eigenvalue weighted by Crippen LogP contribution is 2.14. The van der Waals surface area contributed by atoms with E-state index in [9.17, 15) is 4.79 Å². The van der Waals surface area contributed by atoms with Gasteiger partial charge in [0.05, 0.1) is 5.25 Å². The highest BCUT2D eigenvalue weighted by Gasteiger charge is 2.12. The Kier molecular flexibility index (Phi) is 2.36. The number of nitrogens with one attached hydrogen (secondary N) is 1. The fourth-order valence-corrected chi connectivity index (χ4v) is 1.46. The predicted octanol–water partition coefficient (Wildman–Crippen LogP) is 0.496. The molecule has 0 aromatic heterocycles. The van der Waals surface area contributed by atoms with Crippen molar-refractivity contribution >= 4 is 18.2 Å². The molecule has 8 heavy (non-hydrogen) atoms. The van der Waals surface area contributed by atoms with E-state index in [1.165, 1.54) is 11.9 Å². The summed E-state index contributed by atoms with van der Waals surface area (Å²) in [5.41, 5.74) is 0. The summed E-state index contributed by atoms with van der Waals surface area (Å²) in [4.78, 5) is 9.97. The molecule has 0 aromatic rings. The first kappa shape index (κ1) is 6.11. The van der Waals surface area contributed by atoms with Crippen LogP contribution in [0.1, 0.15) is 12.8 Å². The van der Waals surface area contributed by atoms with Crippen molar-refractivity contribution in [2.75, 3.05) is 6.54 Å². The lowest BCUT2D eigenvalue weighted by Crippen LogP contribution is -2.21. The molecule has 0 amide bonds. The van der Waals surface area contributed by atoms with Crippen molar-refractivity contribution in [1.29, 1.82) is 0 Å². The quantitative estimate of drug-likeness (QED) is 0.524. The van der Waals surface area contributed by atoms with E-state index in [0.29, 0.717) is 0 Å². The zero-order chi connectivity index (χ0) is 5.82. The third-order valence-electron chi connectivity index (χ3n) is 1.10. The third-order valence-corrected chi connectivity index (χ3v) is 2.09. The lowest BCUT2D eigenvalue weighted by Gasteiger charge is -2.14. The van der Waals surface area contributed by atoms with Crippen LogP contribution in [0.4, 0.5) is 0 Å². The van der Waals surface area contributed by atoms with Crippen LogP contribution < -0.4 is 4.72 Å². The molecule has 1 aliphatic heterocycles. The van der Waals surface area contributed by atoms with E-state index in [2.05, 4.69) is 4.72 Å². The average Bonchev–Trinajstić information content (AvgIpc) is 1.90. The van der Waals surface area contributed by atoms with E-state index in [0.717, 1.165) is 19.4 Å². The summed E-state index contributed by atoms with van der Waals surface area (Å²) < 4.78 is 3.04. The highest BCUT2D eigenvalue weighted by molar-refractivity contribution is 7.98. The molecule has 0 aliphatic carbocycles. The molecule has 1 aliphatic rings. The lowest BCUT2D eigenvalue weighted by atomic mass is 10.2. The van der Waals surface area contributed by atoms with Crippen molar-refractivity contribution < 1.29 is 4.79 Å². The van der Waals surface area contributed by atoms with Gasteiger partial charge in [0.1, 0.15) is 0 Å². The molecule has 1 atom stereocenters. The van der Waals surface area contributed by atoms with Gasteiger partial charge >= 0.3 is 0 Å². The molecule has 0 bridgehead atoms. The van der Waals surface area contributed by atoms with Gasteiger partial charge in [-0.25, -0.2) is 0 Å². The van der Waals surface area contributed by atoms with E-state index in [1.54, 1.807) is 0 Å². The van der Waals surface area contributed by atoms with Crippen molar-refractivity contribution in [3.05, 3.63) is 0 Å². The molecule has 2 nitrogen and oxygen atoms in total. The summed E-state index contributed by atoms with van der Waals surface area (Å²) in [5, 5.41) is 0.0868. The third kappa shape index (κ3) is 1.49. The van der Waals surface area contributed by atoms with E-state index < -0.39 is 0 Å². The Morgan fingerprint density at radius 2 is 2.62 bits per heavy atom. The monoisotopic (exact) mass is 130 g/mol. The molecular weight excluding hydrogens is 122 g/mol. The van der Waals surface area contributed by atoms with Gasteiger partial charge in [0.2, 0.25) is 6.29 Å². The molecule has 0 spiro atoms. The van der Waals surface area contributed by atoms with E-state index in [4.69, 9.17) is 0 Å². The van der Waals surface area contributed by atoms with Gasteiger partial charge in [-0.3, -0.25) is 9.52 Å². The topological polar surface area (TPSA) is 29.1 Å². The van der Waals surface area contributed by atoms with Crippen LogP contribution in [0.2, 0.25) is 0 Å². The maximum absolute atomic E-state index is 9.97. The van der Waals surface area contributed by atoms with Crippen molar-refractivity contribution in [3.8, 4) is 0 Å². The molecule has 1 saturated heterocycles. The fraction of sp³-hybridized carbons (Fsp3) is 0.800. The predicted molar refractivity (Wildman–Crippen MR) is 34.3 cm³/mol. The Bertz CT molecular complexity index is 80.5. The maximum Gasteiger partial charge on any atom is 0.213 e. The van der Waals surface area contributed by atoms with Crippen LogP contribution in [-0.4, -0.2) is 18.1 Å². The molecule has 1 fully saturated rings. The zero-order valence-electron chi connectivity index (χ0n) is 4.52. The minimum absolute atomic E-state index is 0.0868. The van der Waals surface area contributed by atoms with Gasteiger partial charge < -0.3 is 0 Å². The first-order valence-corrected chi connectivity index (χ1v) is 3.57. The van der Waals surface area contributed by atoms with Crippen molar-refractivity contribution in [3.63, 3.8) is 0 Å². The Balaban J connectivity index is 2.22. The molecule has 0 aromatic carbocycles. The summed E-state index contributed by atoms with van der Waals surface area (Å²) in [6.07, 6.45) is 4.05.